The third-order valence-electron chi connectivity index (χ3n) is 2.73. The monoisotopic (exact) mass is 268 g/mol. The number of hydrogen-bond acceptors (Lipinski definition) is 4. The van der Waals surface area contributed by atoms with Crippen molar-refractivity contribution in [2.75, 3.05) is 19.4 Å². The second-order valence-electron chi connectivity index (χ2n) is 3.88. The minimum absolute atomic E-state index is 0.350. The average molecular weight is 268 g/mol. The molecule has 0 unspecified atom stereocenters. The number of carbonyl (C=O) groups excluding carboxylic acids is 2. The molecule has 0 fully saturated rings. The molecule has 1 aromatic carbocycles. The lowest BCUT2D eigenvalue weighted by Gasteiger charge is -2.16. The Labute approximate surface area is 109 Å². The predicted molar refractivity (Wildman–Crippen MR) is 67.8 cm³/mol. The standard InChI is InChI=1S/C12H13NO4S/c1-17-9-2-3-10-8(6-9)7-13(4-5-18-10)11(14)12(15)16/h2-3,6H,4-5,7H2,1H3,(H,15,16)/p+1. The normalized spacial score (nSPS) is 14.6. The molecule has 0 atom stereocenters. The fourth-order valence-electron chi connectivity index (χ4n) is 1.81. The molecule has 6 heteroatoms. The number of rotatable bonds is 1. The van der Waals surface area contributed by atoms with Crippen LogP contribution in [0.15, 0.2) is 23.1 Å². The number of hydrogen-bond donors (Lipinski definition) is 0. The molecule has 0 spiro atoms. The molecular formula is C12H14NO4S+. The van der Waals surface area contributed by atoms with Gasteiger partial charge in [-0.1, -0.05) is 0 Å². The summed E-state index contributed by atoms with van der Waals surface area (Å²) in [6, 6.07) is 5.69. The molecule has 0 saturated carbocycles. The van der Waals surface area contributed by atoms with Gasteiger partial charge < -0.3 is 14.7 Å². The summed E-state index contributed by atoms with van der Waals surface area (Å²) in [4.78, 5) is 24.9. The van der Waals surface area contributed by atoms with Crippen molar-refractivity contribution in [3.05, 3.63) is 23.8 Å². The van der Waals surface area contributed by atoms with Crippen molar-refractivity contribution in [1.82, 2.24) is 4.90 Å². The Morgan fingerprint density at radius 3 is 2.89 bits per heavy atom. The highest BCUT2D eigenvalue weighted by molar-refractivity contribution is 7.99. The molecule has 18 heavy (non-hydrogen) atoms. The first kappa shape index (κ1) is 12.8. The average Bonchev–Trinajstić information content (AvgIpc) is 2.58. The van der Waals surface area contributed by atoms with E-state index in [4.69, 9.17) is 9.84 Å². The summed E-state index contributed by atoms with van der Waals surface area (Å²) in [6.45, 7) is 0.827. The van der Waals surface area contributed by atoms with Crippen LogP contribution in [0.1, 0.15) is 5.56 Å². The van der Waals surface area contributed by atoms with Crippen molar-refractivity contribution in [2.24, 2.45) is 0 Å². The Morgan fingerprint density at radius 2 is 2.22 bits per heavy atom. The van der Waals surface area contributed by atoms with Crippen LogP contribution < -0.4 is 4.74 Å². The summed E-state index contributed by atoms with van der Waals surface area (Å²) in [5.74, 6) is -0.461. The van der Waals surface area contributed by atoms with E-state index in [-0.39, 0.29) is 0 Å². The lowest BCUT2D eigenvalue weighted by Crippen LogP contribution is -2.36. The second-order valence-corrected chi connectivity index (χ2v) is 5.01. The molecule has 1 aromatic rings. The van der Waals surface area contributed by atoms with E-state index in [9.17, 15) is 9.59 Å². The highest BCUT2D eigenvalue weighted by Crippen LogP contribution is 2.30. The van der Waals surface area contributed by atoms with Gasteiger partial charge in [0.25, 0.3) is 0 Å². The molecule has 0 bridgehead atoms. The minimum Gasteiger partial charge on any atom is -0.557 e. The molecular weight excluding hydrogens is 254 g/mol. The van der Waals surface area contributed by atoms with E-state index in [1.54, 1.807) is 18.9 Å². The molecule has 5 nitrogen and oxygen atoms in total. The van der Waals surface area contributed by atoms with Crippen LogP contribution in [0.2, 0.25) is 0 Å². The number of benzene rings is 1. The summed E-state index contributed by atoms with van der Waals surface area (Å²) < 4.78 is 5.15. The SMILES string of the molecule is COc1ccc2c(c1)CN(C(=O)C(=O)[OH2+])CCS2. The van der Waals surface area contributed by atoms with Gasteiger partial charge in [0.15, 0.2) is 0 Å². The zero-order chi connectivity index (χ0) is 13.1. The van der Waals surface area contributed by atoms with Gasteiger partial charge in [-0.15, -0.1) is 11.8 Å². The molecule has 96 valence electrons. The zero-order valence-electron chi connectivity index (χ0n) is 9.93. The maximum absolute atomic E-state index is 11.6. The van der Waals surface area contributed by atoms with Crippen LogP contribution >= 0.6 is 11.8 Å². The van der Waals surface area contributed by atoms with E-state index >= 15 is 0 Å². The topological polar surface area (TPSA) is 69.5 Å². The van der Waals surface area contributed by atoms with Crippen LogP contribution in [0.25, 0.3) is 0 Å². The van der Waals surface area contributed by atoms with Crippen molar-refractivity contribution in [3.63, 3.8) is 0 Å². The Morgan fingerprint density at radius 1 is 1.44 bits per heavy atom. The van der Waals surface area contributed by atoms with Crippen LogP contribution in [0, 0.1) is 0 Å². The first-order chi connectivity index (χ1) is 8.61. The highest BCUT2D eigenvalue weighted by Gasteiger charge is 2.29. The zero-order valence-corrected chi connectivity index (χ0v) is 10.8. The molecule has 1 amide bonds. The first-order valence-electron chi connectivity index (χ1n) is 5.46. The van der Waals surface area contributed by atoms with E-state index in [0.717, 1.165) is 22.0 Å². The maximum atomic E-state index is 11.6. The summed E-state index contributed by atoms with van der Waals surface area (Å²) >= 11 is 1.64. The quantitative estimate of drug-likeness (QED) is 0.545. The highest BCUT2D eigenvalue weighted by atomic mass is 32.2. The van der Waals surface area contributed by atoms with Gasteiger partial charge in [0, 0.05) is 23.7 Å². The summed E-state index contributed by atoms with van der Waals surface area (Å²) in [7, 11) is 1.59. The lowest BCUT2D eigenvalue weighted by molar-refractivity contribution is -0.156. The van der Waals surface area contributed by atoms with E-state index in [1.807, 2.05) is 18.2 Å². The molecule has 1 aliphatic rings. The van der Waals surface area contributed by atoms with Crippen molar-refractivity contribution < 1.29 is 19.4 Å². The molecule has 1 heterocycles. The lowest BCUT2D eigenvalue weighted by atomic mass is 10.2. The van der Waals surface area contributed by atoms with Crippen LogP contribution in [-0.4, -0.2) is 41.3 Å². The maximum Gasteiger partial charge on any atom is 0.607 e. The Kier molecular flexibility index (Phi) is 3.76. The largest absolute Gasteiger partial charge is 0.607 e. The predicted octanol–water partition coefficient (Wildman–Crippen LogP) is 0.381. The number of nitrogens with zero attached hydrogens (tertiary/aromatic N) is 1. The third-order valence-corrected chi connectivity index (χ3v) is 3.83. The molecule has 0 saturated heterocycles. The van der Waals surface area contributed by atoms with Crippen LogP contribution in [0.5, 0.6) is 5.75 Å². The van der Waals surface area contributed by atoms with Crippen molar-refractivity contribution in [2.45, 2.75) is 11.4 Å². The van der Waals surface area contributed by atoms with Crippen molar-refractivity contribution in [1.29, 1.82) is 0 Å². The van der Waals surface area contributed by atoms with Gasteiger partial charge in [-0.25, -0.2) is 0 Å². The van der Waals surface area contributed by atoms with E-state index in [0.29, 0.717) is 13.1 Å². The van der Waals surface area contributed by atoms with Gasteiger partial charge in [-0.2, -0.15) is 0 Å². The Hall–Kier alpha value is -1.69. The van der Waals surface area contributed by atoms with Gasteiger partial charge in [-0.05, 0) is 23.8 Å². The van der Waals surface area contributed by atoms with Crippen molar-refractivity contribution in [3.8, 4) is 5.75 Å². The molecule has 2 rings (SSSR count). The van der Waals surface area contributed by atoms with Crippen LogP contribution in [0.4, 0.5) is 0 Å². The van der Waals surface area contributed by atoms with Gasteiger partial charge in [0.05, 0.1) is 11.9 Å². The van der Waals surface area contributed by atoms with Gasteiger partial charge in [-0.3, -0.25) is 4.79 Å². The minimum atomic E-state index is -1.16. The van der Waals surface area contributed by atoms with Crippen LogP contribution in [-0.2, 0) is 16.1 Å². The van der Waals surface area contributed by atoms with Crippen molar-refractivity contribution >= 4 is 23.6 Å². The molecule has 0 aromatic heterocycles. The molecule has 0 aliphatic carbocycles. The van der Waals surface area contributed by atoms with E-state index in [2.05, 4.69) is 0 Å². The molecule has 2 N–H and O–H groups in total. The third kappa shape index (κ3) is 2.59. The fourth-order valence-corrected chi connectivity index (χ4v) is 2.82. The molecule has 0 radical (unpaired) electrons. The van der Waals surface area contributed by atoms with E-state index < -0.39 is 11.9 Å². The summed E-state index contributed by atoms with van der Waals surface area (Å²) in [6.07, 6.45) is 0. The number of fused-ring (bicyclic) bond motifs is 1. The first-order valence-corrected chi connectivity index (χ1v) is 6.45. The Balaban J connectivity index is 2.27. The second kappa shape index (κ2) is 5.30. The fraction of sp³-hybridized carbons (Fsp3) is 0.333. The number of amides is 1. The molecule has 1 aliphatic heterocycles. The van der Waals surface area contributed by atoms with E-state index in [1.165, 1.54) is 4.90 Å². The summed E-state index contributed by atoms with van der Waals surface area (Å²) in [5.41, 5.74) is 0.950. The van der Waals surface area contributed by atoms with Gasteiger partial charge in [0.1, 0.15) is 5.75 Å². The Bertz CT molecular complexity index is 489. The van der Waals surface area contributed by atoms with Gasteiger partial charge >= 0.3 is 11.9 Å². The number of ether oxygens (including phenoxy) is 1. The van der Waals surface area contributed by atoms with Gasteiger partial charge in [0.2, 0.25) is 0 Å². The smallest absolute Gasteiger partial charge is 0.557 e. The number of thioether (sulfide) groups is 1. The summed E-state index contributed by atoms with van der Waals surface area (Å²) in [5, 5.41) is 6.89. The number of methoxy groups -OCH3 is 1. The van der Waals surface area contributed by atoms with Crippen LogP contribution in [0.3, 0.4) is 0 Å². The number of carbonyl (C=O) groups is 2.